The summed E-state index contributed by atoms with van der Waals surface area (Å²) < 4.78 is 7.36. The lowest BCUT2D eigenvalue weighted by Crippen LogP contribution is -2.12. The lowest BCUT2D eigenvalue weighted by atomic mass is 10.00. The predicted octanol–water partition coefficient (Wildman–Crippen LogP) is 3.00. The van der Waals surface area contributed by atoms with E-state index in [1.54, 1.807) is 7.11 Å². The smallest absolute Gasteiger partial charge is 0.119 e. The molecule has 0 saturated heterocycles. The summed E-state index contributed by atoms with van der Waals surface area (Å²) in [6.45, 7) is 9.01. The molecule has 4 heteroatoms. The molecule has 0 aliphatic carbocycles. The van der Waals surface area contributed by atoms with Crippen molar-refractivity contribution in [2.75, 3.05) is 13.7 Å². The average molecular weight is 273 g/mol. The molecule has 2 aromatic rings. The molecule has 0 aliphatic heterocycles. The standard InChI is InChI=1S/C16H23N3O/c1-5-17-10-13-9-14(20-4)7-8-15(13)16-11-18-19(6-2)12(16)3/h7-9,11,17H,5-6,10H2,1-4H3. The van der Waals surface area contributed by atoms with Crippen LogP contribution in [-0.4, -0.2) is 23.4 Å². The molecule has 108 valence electrons. The summed E-state index contributed by atoms with van der Waals surface area (Å²) in [6.07, 6.45) is 1.95. The SMILES string of the molecule is CCNCc1cc(OC)ccc1-c1cnn(CC)c1C. The highest BCUT2D eigenvalue weighted by Crippen LogP contribution is 2.29. The first-order chi connectivity index (χ1) is 9.71. The fraction of sp³-hybridized carbons (Fsp3) is 0.438. The summed E-state index contributed by atoms with van der Waals surface area (Å²) in [7, 11) is 1.70. The first kappa shape index (κ1) is 14.6. The number of nitrogens with one attached hydrogen (secondary N) is 1. The third-order valence-electron chi connectivity index (χ3n) is 3.57. The Morgan fingerprint density at radius 3 is 2.65 bits per heavy atom. The Hall–Kier alpha value is -1.81. The van der Waals surface area contributed by atoms with E-state index in [9.17, 15) is 0 Å². The number of aromatic nitrogens is 2. The van der Waals surface area contributed by atoms with Gasteiger partial charge in [-0.25, -0.2) is 0 Å². The van der Waals surface area contributed by atoms with Gasteiger partial charge < -0.3 is 10.1 Å². The van der Waals surface area contributed by atoms with Crippen LogP contribution in [0.3, 0.4) is 0 Å². The summed E-state index contributed by atoms with van der Waals surface area (Å²) in [5.41, 5.74) is 4.87. The van der Waals surface area contributed by atoms with Gasteiger partial charge in [0.1, 0.15) is 5.75 Å². The molecular weight excluding hydrogens is 250 g/mol. The van der Waals surface area contributed by atoms with Gasteiger partial charge >= 0.3 is 0 Å². The number of hydrogen-bond acceptors (Lipinski definition) is 3. The molecule has 2 rings (SSSR count). The molecule has 0 aliphatic rings. The second-order valence-corrected chi connectivity index (χ2v) is 4.76. The molecule has 0 amide bonds. The minimum absolute atomic E-state index is 0.833. The van der Waals surface area contributed by atoms with Gasteiger partial charge in [0.25, 0.3) is 0 Å². The van der Waals surface area contributed by atoms with E-state index >= 15 is 0 Å². The number of aryl methyl sites for hydroxylation is 1. The van der Waals surface area contributed by atoms with Crippen LogP contribution in [0, 0.1) is 6.92 Å². The highest BCUT2D eigenvalue weighted by atomic mass is 16.5. The number of rotatable bonds is 6. The molecule has 0 atom stereocenters. The molecule has 4 nitrogen and oxygen atoms in total. The predicted molar refractivity (Wildman–Crippen MR) is 82.0 cm³/mol. The molecule has 1 aromatic heterocycles. The van der Waals surface area contributed by atoms with Crippen molar-refractivity contribution in [1.29, 1.82) is 0 Å². The minimum atomic E-state index is 0.833. The maximum atomic E-state index is 5.33. The number of ether oxygens (including phenoxy) is 1. The third-order valence-corrected chi connectivity index (χ3v) is 3.57. The van der Waals surface area contributed by atoms with Crippen LogP contribution in [0.2, 0.25) is 0 Å². The van der Waals surface area contributed by atoms with Gasteiger partial charge in [-0.1, -0.05) is 13.0 Å². The largest absolute Gasteiger partial charge is 0.497 e. The van der Waals surface area contributed by atoms with Crippen LogP contribution in [0.25, 0.3) is 11.1 Å². The van der Waals surface area contributed by atoms with E-state index in [0.717, 1.165) is 25.4 Å². The quantitative estimate of drug-likeness (QED) is 0.879. The van der Waals surface area contributed by atoms with Gasteiger partial charge in [0.15, 0.2) is 0 Å². The number of nitrogens with zero attached hydrogens (tertiary/aromatic N) is 2. The zero-order valence-corrected chi connectivity index (χ0v) is 12.7. The summed E-state index contributed by atoms with van der Waals surface area (Å²) in [4.78, 5) is 0. The number of hydrogen-bond donors (Lipinski definition) is 1. The highest BCUT2D eigenvalue weighted by Gasteiger charge is 2.12. The molecule has 0 bridgehead atoms. The van der Waals surface area contributed by atoms with Crippen molar-refractivity contribution < 1.29 is 4.74 Å². The van der Waals surface area contributed by atoms with Crippen LogP contribution in [0.5, 0.6) is 5.75 Å². The van der Waals surface area contributed by atoms with E-state index in [2.05, 4.69) is 43.3 Å². The average Bonchev–Trinajstić information content (AvgIpc) is 2.85. The Labute approximate surface area is 120 Å². The van der Waals surface area contributed by atoms with E-state index < -0.39 is 0 Å². The molecule has 0 spiro atoms. The normalized spacial score (nSPS) is 10.8. The van der Waals surface area contributed by atoms with E-state index in [-0.39, 0.29) is 0 Å². The maximum Gasteiger partial charge on any atom is 0.119 e. The van der Waals surface area contributed by atoms with E-state index in [0.29, 0.717) is 0 Å². The summed E-state index contributed by atoms with van der Waals surface area (Å²) in [5, 5.41) is 7.82. The Balaban J connectivity index is 2.45. The number of methoxy groups -OCH3 is 1. The molecular formula is C16H23N3O. The van der Waals surface area contributed by atoms with Crippen molar-refractivity contribution in [3.05, 3.63) is 35.7 Å². The van der Waals surface area contributed by atoms with Crippen LogP contribution in [0.1, 0.15) is 25.1 Å². The Kier molecular flexibility index (Phi) is 4.79. The lowest BCUT2D eigenvalue weighted by Gasteiger charge is -2.12. The first-order valence-electron chi connectivity index (χ1n) is 7.11. The van der Waals surface area contributed by atoms with Gasteiger partial charge in [-0.05, 0) is 43.7 Å². The van der Waals surface area contributed by atoms with Crippen LogP contribution in [0.4, 0.5) is 0 Å². The van der Waals surface area contributed by atoms with Crippen LogP contribution < -0.4 is 10.1 Å². The fourth-order valence-corrected chi connectivity index (χ4v) is 2.40. The second-order valence-electron chi connectivity index (χ2n) is 4.76. The summed E-state index contributed by atoms with van der Waals surface area (Å²) in [6, 6.07) is 6.23. The van der Waals surface area contributed by atoms with E-state index in [1.807, 2.05) is 16.9 Å². The van der Waals surface area contributed by atoms with Crippen molar-refractivity contribution in [2.24, 2.45) is 0 Å². The molecule has 0 unspecified atom stereocenters. The molecule has 1 aromatic carbocycles. The summed E-state index contributed by atoms with van der Waals surface area (Å²) >= 11 is 0. The minimum Gasteiger partial charge on any atom is -0.497 e. The Morgan fingerprint density at radius 2 is 2.05 bits per heavy atom. The Bertz CT molecular complexity index is 575. The van der Waals surface area contributed by atoms with Gasteiger partial charge in [-0.2, -0.15) is 5.10 Å². The van der Waals surface area contributed by atoms with Crippen LogP contribution in [0.15, 0.2) is 24.4 Å². The fourth-order valence-electron chi connectivity index (χ4n) is 2.40. The van der Waals surface area contributed by atoms with Gasteiger partial charge in [-0.3, -0.25) is 4.68 Å². The molecule has 0 radical (unpaired) electrons. The molecule has 0 fully saturated rings. The van der Waals surface area contributed by atoms with Crippen LogP contribution >= 0.6 is 0 Å². The second kappa shape index (κ2) is 6.57. The maximum absolute atomic E-state index is 5.33. The van der Waals surface area contributed by atoms with Gasteiger partial charge in [-0.15, -0.1) is 0 Å². The summed E-state index contributed by atoms with van der Waals surface area (Å²) in [5.74, 6) is 0.891. The number of benzene rings is 1. The van der Waals surface area contributed by atoms with Gasteiger partial charge in [0.05, 0.1) is 13.3 Å². The molecule has 20 heavy (non-hydrogen) atoms. The zero-order chi connectivity index (χ0) is 14.5. The van der Waals surface area contributed by atoms with Gasteiger partial charge in [0, 0.05) is 24.3 Å². The monoisotopic (exact) mass is 273 g/mol. The van der Waals surface area contributed by atoms with Crippen LogP contribution in [-0.2, 0) is 13.1 Å². The Morgan fingerprint density at radius 1 is 1.25 bits per heavy atom. The van der Waals surface area contributed by atoms with Crippen molar-refractivity contribution in [3.8, 4) is 16.9 Å². The lowest BCUT2D eigenvalue weighted by molar-refractivity contribution is 0.414. The third kappa shape index (κ3) is 2.85. The first-order valence-corrected chi connectivity index (χ1v) is 7.11. The highest BCUT2D eigenvalue weighted by molar-refractivity contribution is 5.70. The van der Waals surface area contributed by atoms with Crippen molar-refractivity contribution in [2.45, 2.75) is 33.9 Å². The molecule has 0 saturated carbocycles. The topological polar surface area (TPSA) is 39.1 Å². The van der Waals surface area contributed by atoms with Crippen molar-refractivity contribution >= 4 is 0 Å². The van der Waals surface area contributed by atoms with E-state index in [1.165, 1.54) is 22.4 Å². The molecule has 1 heterocycles. The zero-order valence-electron chi connectivity index (χ0n) is 12.7. The van der Waals surface area contributed by atoms with Crippen molar-refractivity contribution in [3.63, 3.8) is 0 Å². The van der Waals surface area contributed by atoms with Gasteiger partial charge in [0.2, 0.25) is 0 Å². The van der Waals surface area contributed by atoms with Crippen molar-refractivity contribution in [1.82, 2.24) is 15.1 Å². The van der Waals surface area contributed by atoms with E-state index in [4.69, 9.17) is 4.74 Å². The molecule has 1 N–H and O–H groups in total.